The maximum Gasteiger partial charge on any atom is 0.0621 e. The summed E-state index contributed by atoms with van der Waals surface area (Å²) < 4.78 is 0. The smallest absolute Gasteiger partial charge is 0.0621 e. The first-order chi connectivity index (χ1) is 9.33. The van der Waals surface area contributed by atoms with E-state index in [1.165, 1.54) is 16.0 Å². The first-order valence-corrected chi connectivity index (χ1v) is 8.20. The average molecular weight is 295 g/mol. The minimum atomic E-state index is 0.658. The first-order valence-electron chi connectivity index (χ1n) is 6.83. The van der Waals surface area contributed by atoms with Crippen molar-refractivity contribution in [1.29, 1.82) is 5.26 Å². The highest BCUT2D eigenvalue weighted by atomic mass is 35.5. The molecular weight excluding hydrogens is 276 g/mol. The summed E-state index contributed by atoms with van der Waals surface area (Å²) in [6, 6.07) is 6.39. The van der Waals surface area contributed by atoms with Gasteiger partial charge in [0.1, 0.15) is 0 Å². The molecule has 0 atom stereocenters. The second-order valence-electron chi connectivity index (χ2n) is 4.73. The Bertz CT molecular complexity index is 468. The van der Waals surface area contributed by atoms with Crippen LogP contribution in [0.4, 0.5) is 0 Å². The Kier molecular flexibility index (Phi) is 6.03. The van der Waals surface area contributed by atoms with E-state index in [4.69, 9.17) is 16.9 Å². The van der Waals surface area contributed by atoms with Crippen LogP contribution in [0, 0.1) is 11.3 Å². The minimum Gasteiger partial charge on any atom is -0.316 e. The molecule has 19 heavy (non-hydrogen) atoms. The molecule has 0 spiro atoms. The number of halogens is 1. The molecule has 0 fully saturated rings. The largest absolute Gasteiger partial charge is 0.316 e. The zero-order chi connectivity index (χ0) is 13.5. The van der Waals surface area contributed by atoms with Crippen molar-refractivity contribution in [2.24, 2.45) is 0 Å². The third-order valence-corrected chi connectivity index (χ3v) is 5.04. The van der Waals surface area contributed by atoms with Crippen molar-refractivity contribution >= 4 is 23.4 Å². The molecule has 1 N–H and O–H groups in total. The quantitative estimate of drug-likeness (QED) is 0.662. The minimum absolute atomic E-state index is 0.658. The van der Waals surface area contributed by atoms with Gasteiger partial charge in [-0.15, -0.1) is 11.8 Å². The normalized spacial score (nSPS) is 14.5. The molecular formula is C15H19ClN2S. The number of hydrogen-bond donors (Lipinski definition) is 1. The lowest BCUT2D eigenvalue weighted by molar-refractivity contribution is 0.709. The van der Waals surface area contributed by atoms with Gasteiger partial charge >= 0.3 is 0 Å². The molecule has 2 nitrogen and oxygen atoms in total. The van der Waals surface area contributed by atoms with Crippen LogP contribution in [0.1, 0.15) is 30.4 Å². The van der Waals surface area contributed by atoms with Gasteiger partial charge in [0.15, 0.2) is 0 Å². The lowest BCUT2D eigenvalue weighted by Crippen LogP contribution is -2.16. The summed E-state index contributed by atoms with van der Waals surface area (Å²) in [6.07, 6.45) is 4.88. The van der Waals surface area contributed by atoms with E-state index in [1.54, 1.807) is 0 Å². The standard InChI is InChI=1S/C15H19ClN2S/c16-14-5-4-12-6-9-18-10-7-13(12)15(14)19-11-3-1-2-8-17/h4-5,18H,1-3,6-7,9-11H2. The summed E-state index contributed by atoms with van der Waals surface area (Å²) in [5.74, 6) is 1.05. The van der Waals surface area contributed by atoms with Crippen LogP contribution in [0.5, 0.6) is 0 Å². The van der Waals surface area contributed by atoms with Gasteiger partial charge in [0.25, 0.3) is 0 Å². The van der Waals surface area contributed by atoms with E-state index >= 15 is 0 Å². The molecule has 0 amide bonds. The van der Waals surface area contributed by atoms with Gasteiger partial charge in [0.05, 0.1) is 11.1 Å². The van der Waals surface area contributed by atoms with E-state index in [9.17, 15) is 0 Å². The molecule has 2 rings (SSSR count). The topological polar surface area (TPSA) is 35.8 Å². The average Bonchev–Trinajstić information content (AvgIpc) is 2.66. The monoisotopic (exact) mass is 294 g/mol. The van der Waals surface area contributed by atoms with Crippen molar-refractivity contribution in [2.45, 2.75) is 37.0 Å². The van der Waals surface area contributed by atoms with Crippen molar-refractivity contribution in [2.75, 3.05) is 18.8 Å². The lowest BCUT2D eigenvalue weighted by Gasteiger charge is -2.13. The maximum atomic E-state index is 8.53. The fourth-order valence-electron chi connectivity index (χ4n) is 2.35. The van der Waals surface area contributed by atoms with E-state index < -0.39 is 0 Å². The van der Waals surface area contributed by atoms with E-state index in [0.29, 0.717) is 6.42 Å². The highest BCUT2D eigenvalue weighted by Gasteiger charge is 2.14. The number of benzene rings is 1. The van der Waals surface area contributed by atoms with Crippen LogP contribution in [-0.4, -0.2) is 18.8 Å². The van der Waals surface area contributed by atoms with Gasteiger partial charge in [-0.2, -0.15) is 5.26 Å². The summed E-state index contributed by atoms with van der Waals surface area (Å²) in [5, 5.41) is 12.8. The summed E-state index contributed by atoms with van der Waals surface area (Å²) in [5.41, 5.74) is 2.87. The Labute approximate surface area is 124 Å². The highest BCUT2D eigenvalue weighted by Crippen LogP contribution is 2.34. The van der Waals surface area contributed by atoms with Crippen LogP contribution >= 0.6 is 23.4 Å². The molecule has 102 valence electrons. The number of unbranched alkanes of at least 4 members (excludes halogenated alkanes) is 2. The zero-order valence-corrected chi connectivity index (χ0v) is 12.6. The van der Waals surface area contributed by atoms with Crippen LogP contribution in [0.2, 0.25) is 5.02 Å². The Balaban J connectivity index is 2.04. The van der Waals surface area contributed by atoms with Gasteiger partial charge in [-0.3, -0.25) is 0 Å². The van der Waals surface area contributed by atoms with Crippen molar-refractivity contribution in [1.82, 2.24) is 5.32 Å². The van der Waals surface area contributed by atoms with Crippen LogP contribution in [0.15, 0.2) is 17.0 Å². The Morgan fingerprint density at radius 1 is 1.26 bits per heavy atom. The van der Waals surface area contributed by atoms with Crippen LogP contribution < -0.4 is 5.32 Å². The SMILES string of the molecule is N#CCCCCSc1c(Cl)ccc2c1CCNCC2. The van der Waals surface area contributed by atoms with Gasteiger partial charge in [-0.05, 0) is 61.7 Å². The van der Waals surface area contributed by atoms with E-state index in [-0.39, 0.29) is 0 Å². The molecule has 0 saturated carbocycles. The molecule has 0 bridgehead atoms. The first kappa shape index (κ1) is 14.7. The van der Waals surface area contributed by atoms with E-state index in [2.05, 4.69) is 17.5 Å². The van der Waals surface area contributed by atoms with Crippen molar-refractivity contribution < 1.29 is 0 Å². The maximum absolute atomic E-state index is 8.53. The van der Waals surface area contributed by atoms with Crippen molar-refractivity contribution in [3.63, 3.8) is 0 Å². The third kappa shape index (κ3) is 4.14. The van der Waals surface area contributed by atoms with Crippen molar-refractivity contribution in [3.8, 4) is 6.07 Å². The summed E-state index contributed by atoms with van der Waals surface area (Å²) in [6.45, 7) is 2.09. The third-order valence-electron chi connectivity index (χ3n) is 3.36. The summed E-state index contributed by atoms with van der Waals surface area (Å²) in [4.78, 5) is 1.26. The van der Waals surface area contributed by atoms with E-state index in [0.717, 1.165) is 49.5 Å². The molecule has 0 unspecified atom stereocenters. The second kappa shape index (κ2) is 7.79. The number of fused-ring (bicyclic) bond motifs is 1. The number of rotatable bonds is 5. The Morgan fingerprint density at radius 2 is 2.11 bits per heavy atom. The molecule has 1 aliphatic rings. The summed E-state index contributed by atoms with van der Waals surface area (Å²) in [7, 11) is 0. The Hall–Kier alpha value is -0.690. The van der Waals surface area contributed by atoms with Crippen LogP contribution in [0.3, 0.4) is 0 Å². The number of nitrogens with one attached hydrogen (secondary N) is 1. The molecule has 1 aromatic rings. The van der Waals surface area contributed by atoms with Crippen LogP contribution in [0.25, 0.3) is 0 Å². The number of thioether (sulfide) groups is 1. The Morgan fingerprint density at radius 3 is 2.95 bits per heavy atom. The van der Waals surface area contributed by atoms with E-state index in [1.807, 2.05) is 17.8 Å². The van der Waals surface area contributed by atoms with Gasteiger partial charge < -0.3 is 5.32 Å². The predicted molar refractivity (Wildman–Crippen MR) is 81.9 cm³/mol. The second-order valence-corrected chi connectivity index (χ2v) is 6.24. The molecule has 0 aliphatic carbocycles. The predicted octanol–water partition coefficient (Wildman–Crippen LogP) is 3.81. The van der Waals surface area contributed by atoms with Crippen LogP contribution in [-0.2, 0) is 12.8 Å². The van der Waals surface area contributed by atoms with Gasteiger partial charge in [-0.25, -0.2) is 0 Å². The fraction of sp³-hybridized carbons (Fsp3) is 0.533. The number of nitrogens with zero attached hydrogens (tertiary/aromatic N) is 1. The highest BCUT2D eigenvalue weighted by molar-refractivity contribution is 7.99. The zero-order valence-electron chi connectivity index (χ0n) is 11.0. The molecule has 0 aromatic heterocycles. The molecule has 1 aliphatic heterocycles. The molecule has 0 saturated heterocycles. The summed E-state index contributed by atoms with van der Waals surface area (Å²) >= 11 is 8.21. The lowest BCUT2D eigenvalue weighted by atomic mass is 10.0. The molecule has 4 heteroatoms. The molecule has 1 heterocycles. The van der Waals surface area contributed by atoms with Gasteiger partial charge in [0, 0.05) is 11.3 Å². The fourth-order valence-corrected chi connectivity index (χ4v) is 3.85. The molecule has 0 radical (unpaired) electrons. The number of nitriles is 1. The van der Waals surface area contributed by atoms with Gasteiger partial charge in [-0.1, -0.05) is 17.7 Å². The number of hydrogen-bond acceptors (Lipinski definition) is 3. The van der Waals surface area contributed by atoms with Crippen molar-refractivity contribution in [3.05, 3.63) is 28.3 Å². The molecule has 1 aromatic carbocycles. The van der Waals surface area contributed by atoms with Gasteiger partial charge in [0.2, 0.25) is 0 Å².